The number of esters is 1. The number of aryl methyl sites for hydroxylation is 1. The molecule has 0 aliphatic carbocycles. The third-order valence-corrected chi connectivity index (χ3v) is 7.09. The Balaban J connectivity index is 0.00000180. The Kier molecular flexibility index (Phi) is 8.96. The molecule has 0 radical (unpaired) electrons. The number of anilines is 1. The van der Waals surface area contributed by atoms with E-state index in [0.29, 0.717) is 57.8 Å². The zero-order chi connectivity index (χ0) is 30.3. The minimum atomic E-state index is -0.512. The SMILES string of the molecule is CC.COC(=O)c1cnc(N(Cc2ccccc2)Cc2ccccc2)c2[nH]c(-c3cccc(-c4cnn(C)c4)c3F)cc12. The first-order valence-electron chi connectivity index (χ1n) is 14.2. The zero-order valence-corrected chi connectivity index (χ0v) is 24.7. The molecule has 3 aromatic carbocycles. The van der Waals surface area contributed by atoms with E-state index >= 15 is 4.39 Å². The standard InChI is InChI=1S/C33H28FN5O2.C2H6/c1-38-21-24(17-36-38)25-14-9-15-26(30(25)34)29-16-27-28(33(40)41-2)18-35-32(31(27)37-29)39(19-22-10-5-3-6-11-22)20-23-12-7-4-8-13-23;1-2/h3-18,21,37H,19-20H2,1-2H3;1-2H3. The fourth-order valence-electron chi connectivity index (χ4n) is 5.10. The van der Waals surface area contributed by atoms with E-state index in [4.69, 9.17) is 9.72 Å². The quantitative estimate of drug-likeness (QED) is 0.188. The Bertz CT molecular complexity index is 1790. The van der Waals surface area contributed by atoms with E-state index in [2.05, 4.69) is 39.2 Å². The number of methoxy groups -OCH3 is 1. The van der Waals surface area contributed by atoms with Gasteiger partial charge in [0.05, 0.1) is 24.4 Å². The molecule has 3 heterocycles. The van der Waals surface area contributed by atoms with Crippen LogP contribution in [0.3, 0.4) is 0 Å². The van der Waals surface area contributed by atoms with Crippen LogP contribution >= 0.6 is 0 Å². The molecule has 8 heteroatoms. The Morgan fingerprint density at radius 1 is 0.907 bits per heavy atom. The summed E-state index contributed by atoms with van der Waals surface area (Å²) in [6, 6.07) is 27.3. The lowest BCUT2D eigenvalue weighted by atomic mass is 10.0. The van der Waals surface area contributed by atoms with E-state index in [1.54, 1.807) is 42.3 Å². The van der Waals surface area contributed by atoms with E-state index < -0.39 is 5.97 Å². The van der Waals surface area contributed by atoms with Crippen LogP contribution in [-0.2, 0) is 24.9 Å². The molecule has 43 heavy (non-hydrogen) atoms. The first-order valence-corrected chi connectivity index (χ1v) is 14.2. The van der Waals surface area contributed by atoms with E-state index in [0.717, 1.165) is 11.1 Å². The highest BCUT2D eigenvalue weighted by molar-refractivity contribution is 6.07. The molecular weight excluding hydrogens is 541 g/mol. The Morgan fingerprint density at radius 3 is 2.12 bits per heavy atom. The summed E-state index contributed by atoms with van der Waals surface area (Å²) in [6.45, 7) is 5.16. The summed E-state index contributed by atoms with van der Waals surface area (Å²) in [5.41, 5.74) is 5.17. The van der Waals surface area contributed by atoms with Gasteiger partial charge in [0.25, 0.3) is 0 Å². The molecule has 6 aromatic rings. The highest BCUT2D eigenvalue weighted by Gasteiger charge is 2.23. The van der Waals surface area contributed by atoms with Crippen LogP contribution in [0.5, 0.6) is 0 Å². The normalized spacial score (nSPS) is 10.7. The fourth-order valence-corrected chi connectivity index (χ4v) is 5.10. The Hall–Kier alpha value is -5.24. The summed E-state index contributed by atoms with van der Waals surface area (Å²) in [5.74, 6) is -0.246. The fraction of sp³-hybridized carbons (Fsp3) is 0.171. The van der Waals surface area contributed by atoms with Crippen LogP contribution in [0.1, 0.15) is 35.3 Å². The lowest BCUT2D eigenvalue weighted by Crippen LogP contribution is -2.24. The molecule has 0 saturated heterocycles. The van der Waals surface area contributed by atoms with Gasteiger partial charge in [0.15, 0.2) is 5.82 Å². The molecule has 218 valence electrons. The lowest BCUT2D eigenvalue weighted by Gasteiger charge is -2.25. The first-order chi connectivity index (χ1) is 21.0. The third-order valence-electron chi connectivity index (χ3n) is 7.09. The number of hydrogen-bond acceptors (Lipinski definition) is 5. The number of pyridine rings is 1. The van der Waals surface area contributed by atoms with Crippen LogP contribution in [-0.4, -0.2) is 32.8 Å². The molecule has 0 saturated carbocycles. The zero-order valence-electron chi connectivity index (χ0n) is 24.7. The van der Waals surface area contributed by atoms with Crippen molar-refractivity contribution in [3.63, 3.8) is 0 Å². The molecule has 6 rings (SSSR count). The van der Waals surface area contributed by atoms with Crippen molar-refractivity contribution in [3.05, 3.63) is 126 Å². The van der Waals surface area contributed by atoms with Crippen LogP contribution < -0.4 is 4.90 Å². The molecule has 1 N–H and O–H groups in total. The minimum absolute atomic E-state index is 0.303. The lowest BCUT2D eigenvalue weighted by molar-refractivity contribution is 0.0602. The Labute approximate surface area is 250 Å². The number of carbonyl (C=O) groups excluding carboxylic acids is 1. The number of ether oxygens (including phenoxy) is 1. The number of halogens is 1. The molecule has 0 spiro atoms. The van der Waals surface area contributed by atoms with Gasteiger partial charge >= 0.3 is 5.97 Å². The summed E-state index contributed by atoms with van der Waals surface area (Å²) in [4.78, 5) is 23.1. The van der Waals surface area contributed by atoms with Gasteiger partial charge in [-0.05, 0) is 23.3 Å². The van der Waals surface area contributed by atoms with Crippen molar-refractivity contribution in [2.45, 2.75) is 26.9 Å². The highest BCUT2D eigenvalue weighted by Crippen LogP contribution is 2.36. The number of aromatic amines is 1. The molecule has 0 atom stereocenters. The van der Waals surface area contributed by atoms with Crippen molar-refractivity contribution in [1.29, 1.82) is 0 Å². The van der Waals surface area contributed by atoms with E-state index in [9.17, 15) is 4.79 Å². The minimum Gasteiger partial charge on any atom is -0.465 e. The van der Waals surface area contributed by atoms with Crippen LogP contribution in [0.15, 0.2) is 104 Å². The number of fused-ring (bicyclic) bond motifs is 1. The molecule has 0 fully saturated rings. The number of H-pyrrole nitrogens is 1. The van der Waals surface area contributed by atoms with Crippen molar-refractivity contribution >= 4 is 22.7 Å². The molecule has 0 unspecified atom stereocenters. The van der Waals surface area contributed by atoms with Crippen molar-refractivity contribution in [2.24, 2.45) is 7.05 Å². The maximum atomic E-state index is 16.0. The number of aromatic nitrogens is 4. The Morgan fingerprint density at radius 2 is 1.53 bits per heavy atom. The van der Waals surface area contributed by atoms with E-state index in [1.807, 2.05) is 56.3 Å². The van der Waals surface area contributed by atoms with Gasteiger partial charge in [0, 0.05) is 60.3 Å². The number of nitrogens with zero attached hydrogens (tertiary/aromatic N) is 4. The van der Waals surface area contributed by atoms with Gasteiger partial charge < -0.3 is 14.6 Å². The summed E-state index contributed by atoms with van der Waals surface area (Å²) < 4.78 is 22.7. The van der Waals surface area contributed by atoms with Crippen molar-refractivity contribution in [1.82, 2.24) is 19.7 Å². The smallest absolute Gasteiger partial charge is 0.340 e. The topological polar surface area (TPSA) is 76.0 Å². The molecule has 0 aliphatic rings. The highest BCUT2D eigenvalue weighted by atomic mass is 19.1. The summed E-state index contributed by atoms with van der Waals surface area (Å²) in [5, 5.41) is 4.79. The molecule has 7 nitrogen and oxygen atoms in total. The van der Waals surface area contributed by atoms with E-state index in [1.165, 1.54) is 13.3 Å². The van der Waals surface area contributed by atoms with Gasteiger partial charge in [-0.2, -0.15) is 5.10 Å². The van der Waals surface area contributed by atoms with Crippen LogP contribution in [0, 0.1) is 5.82 Å². The first kappa shape index (κ1) is 29.3. The van der Waals surface area contributed by atoms with Gasteiger partial charge in [-0.15, -0.1) is 0 Å². The van der Waals surface area contributed by atoms with E-state index in [-0.39, 0.29) is 5.82 Å². The van der Waals surface area contributed by atoms with Crippen LogP contribution in [0.4, 0.5) is 10.2 Å². The number of carbonyl (C=O) groups is 1. The average Bonchev–Trinajstić information content (AvgIpc) is 3.69. The maximum absolute atomic E-state index is 16.0. The third kappa shape index (κ3) is 6.18. The van der Waals surface area contributed by atoms with Gasteiger partial charge in [-0.3, -0.25) is 4.68 Å². The van der Waals surface area contributed by atoms with Gasteiger partial charge in [-0.25, -0.2) is 14.2 Å². The second kappa shape index (κ2) is 13.2. The van der Waals surface area contributed by atoms with Crippen LogP contribution in [0.25, 0.3) is 33.3 Å². The summed E-state index contributed by atoms with van der Waals surface area (Å²) >= 11 is 0. The van der Waals surface area contributed by atoms with Gasteiger partial charge in [0.1, 0.15) is 5.82 Å². The molecule has 3 aromatic heterocycles. The predicted molar refractivity (Wildman–Crippen MR) is 169 cm³/mol. The molecule has 0 amide bonds. The number of hydrogen-bond donors (Lipinski definition) is 1. The number of rotatable bonds is 8. The molecule has 0 bridgehead atoms. The summed E-state index contributed by atoms with van der Waals surface area (Å²) in [6.07, 6.45) is 4.94. The van der Waals surface area contributed by atoms with Gasteiger partial charge in [-0.1, -0.05) is 86.6 Å². The van der Waals surface area contributed by atoms with Crippen molar-refractivity contribution < 1.29 is 13.9 Å². The largest absolute Gasteiger partial charge is 0.465 e. The predicted octanol–water partition coefficient (Wildman–Crippen LogP) is 7.79. The van der Waals surface area contributed by atoms with Crippen LogP contribution in [0.2, 0.25) is 0 Å². The monoisotopic (exact) mass is 575 g/mol. The van der Waals surface area contributed by atoms with Crippen molar-refractivity contribution in [3.8, 4) is 22.4 Å². The average molecular weight is 576 g/mol. The second-order valence-electron chi connectivity index (χ2n) is 9.86. The van der Waals surface area contributed by atoms with Gasteiger partial charge in [0.2, 0.25) is 0 Å². The number of nitrogens with one attached hydrogen (secondary N) is 1. The summed E-state index contributed by atoms with van der Waals surface area (Å²) in [7, 11) is 3.13. The number of benzene rings is 3. The maximum Gasteiger partial charge on any atom is 0.340 e. The molecule has 0 aliphatic heterocycles. The van der Waals surface area contributed by atoms with Crippen molar-refractivity contribution in [2.75, 3.05) is 12.0 Å². The second-order valence-corrected chi connectivity index (χ2v) is 9.86. The molecular formula is C35H34FN5O2.